The van der Waals surface area contributed by atoms with E-state index in [-0.39, 0.29) is 11.7 Å². The van der Waals surface area contributed by atoms with E-state index < -0.39 is 0 Å². The van der Waals surface area contributed by atoms with E-state index in [4.69, 9.17) is 0 Å². The third kappa shape index (κ3) is 2.09. The van der Waals surface area contributed by atoms with Crippen LogP contribution in [0, 0.1) is 5.92 Å². The molecule has 1 amide bonds. The van der Waals surface area contributed by atoms with E-state index in [1.54, 1.807) is 0 Å². The van der Waals surface area contributed by atoms with E-state index in [9.17, 15) is 4.79 Å². The molecule has 3 aliphatic rings. The molecule has 1 N–H and O–H groups in total. The second-order valence-electron chi connectivity index (χ2n) is 7.14. The zero-order chi connectivity index (χ0) is 13.8. The first-order valence-electron chi connectivity index (χ1n) is 7.75. The van der Waals surface area contributed by atoms with Crippen LogP contribution >= 0.6 is 0 Å². The summed E-state index contributed by atoms with van der Waals surface area (Å²) in [5.74, 6) is 0.867. The van der Waals surface area contributed by atoms with Gasteiger partial charge in [-0.25, -0.2) is 0 Å². The highest BCUT2D eigenvalue weighted by molar-refractivity contribution is 5.92. The molecule has 1 spiro atoms. The second-order valence-corrected chi connectivity index (χ2v) is 7.14. The summed E-state index contributed by atoms with van der Waals surface area (Å²) in [4.78, 5) is 17.4. The first-order chi connectivity index (χ1) is 8.94. The molecule has 0 aromatic heterocycles. The Morgan fingerprint density at radius 3 is 2.58 bits per heavy atom. The fraction of sp³-hybridized carbons (Fsp3) is 0.933. The molecule has 0 radical (unpaired) electrons. The summed E-state index contributed by atoms with van der Waals surface area (Å²) in [7, 11) is 2.19. The molecule has 3 rings (SSSR count). The van der Waals surface area contributed by atoms with Crippen LogP contribution in [0.5, 0.6) is 0 Å². The van der Waals surface area contributed by atoms with Crippen LogP contribution in [0.4, 0.5) is 0 Å². The number of likely N-dealkylation sites (tertiary alicyclic amines) is 1. The van der Waals surface area contributed by atoms with Crippen molar-refractivity contribution in [3.63, 3.8) is 0 Å². The lowest BCUT2D eigenvalue weighted by Crippen LogP contribution is -2.53. The Labute approximate surface area is 116 Å². The monoisotopic (exact) mass is 265 g/mol. The Balaban J connectivity index is 1.79. The quantitative estimate of drug-likeness (QED) is 0.820. The van der Waals surface area contributed by atoms with Crippen LogP contribution in [0.25, 0.3) is 0 Å². The van der Waals surface area contributed by atoms with Gasteiger partial charge in [-0.05, 0) is 45.6 Å². The summed E-state index contributed by atoms with van der Waals surface area (Å²) in [5, 5.41) is 3.63. The highest BCUT2D eigenvalue weighted by Gasteiger charge is 2.60. The summed E-state index contributed by atoms with van der Waals surface area (Å²) in [6.07, 6.45) is 4.55. The topological polar surface area (TPSA) is 35.6 Å². The number of amides is 1. The van der Waals surface area contributed by atoms with E-state index in [0.717, 1.165) is 32.2 Å². The predicted molar refractivity (Wildman–Crippen MR) is 75.7 cm³/mol. The van der Waals surface area contributed by atoms with E-state index >= 15 is 0 Å². The minimum atomic E-state index is -0.165. The minimum Gasteiger partial charge on any atom is -0.322 e. The van der Waals surface area contributed by atoms with Crippen LogP contribution in [-0.2, 0) is 4.79 Å². The van der Waals surface area contributed by atoms with Gasteiger partial charge in [-0.3, -0.25) is 10.1 Å². The van der Waals surface area contributed by atoms with Gasteiger partial charge in [0.15, 0.2) is 0 Å². The average Bonchev–Trinajstić information content (AvgIpc) is 3.07. The molecule has 4 nitrogen and oxygen atoms in total. The van der Waals surface area contributed by atoms with Gasteiger partial charge in [0, 0.05) is 18.6 Å². The van der Waals surface area contributed by atoms with Crippen molar-refractivity contribution in [2.24, 2.45) is 5.92 Å². The van der Waals surface area contributed by atoms with Crippen molar-refractivity contribution >= 4 is 5.91 Å². The minimum absolute atomic E-state index is 0.165. The van der Waals surface area contributed by atoms with Crippen molar-refractivity contribution < 1.29 is 4.79 Å². The lowest BCUT2D eigenvalue weighted by molar-refractivity contribution is -0.135. The molecule has 0 aromatic rings. The van der Waals surface area contributed by atoms with Gasteiger partial charge in [-0.1, -0.05) is 13.8 Å². The molecular weight excluding hydrogens is 238 g/mol. The zero-order valence-electron chi connectivity index (χ0n) is 12.6. The van der Waals surface area contributed by atoms with Crippen molar-refractivity contribution in [2.45, 2.75) is 70.2 Å². The molecule has 3 atom stereocenters. The van der Waals surface area contributed by atoms with E-state index in [1.807, 2.05) is 0 Å². The number of piperidine rings is 1. The van der Waals surface area contributed by atoms with Crippen LogP contribution in [0.3, 0.4) is 0 Å². The second kappa shape index (κ2) is 4.45. The first kappa shape index (κ1) is 13.4. The highest BCUT2D eigenvalue weighted by Crippen LogP contribution is 2.45. The fourth-order valence-electron chi connectivity index (χ4n) is 3.67. The maximum Gasteiger partial charge on any atom is 0.244 e. The fourth-order valence-corrected chi connectivity index (χ4v) is 3.67. The third-order valence-electron chi connectivity index (χ3n) is 5.32. The molecule has 1 saturated carbocycles. The van der Waals surface area contributed by atoms with Gasteiger partial charge in [0.25, 0.3) is 0 Å². The standard InChI is InChI=1S/C15H27N3O/c1-10(2)13-16-15(6-7-15)14(19)18(13)12-5-8-17(4)11(3)9-12/h10-13,16H,5-9H2,1-4H3. The molecule has 0 bridgehead atoms. The van der Waals surface area contributed by atoms with Crippen LogP contribution in [0.1, 0.15) is 46.5 Å². The van der Waals surface area contributed by atoms with Crippen molar-refractivity contribution in [3.8, 4) is 0 Å². The number of hydrogen-bond donors (Lipinski definition) is 1. The number of nitrogens with zero attached hydrogens (tertiary/aromatic N) is 2. The summed E-state index contributed by atoms with van der Waals surface area (Å²) in [6.45, 7) is 7.82. The van der Waals surface area contributed by atoms with Crippen LogP contribution in [-0.4, -0.2) is 53.1 Å². The van der Waals surface area contributed by atoms with E-state index in [1.165, 1.54) is 0 Å². The van der Waals surface area contributed by atoms with Crippen LogP contribution in [0.2, 0.25) is 0 Å². The molecule has 19 heavy (non-hydrogen) atoms. The van der Waals surface area contributed by atoms with Gasteiger partial charge >= 0.3 is 0 Å². The maximum atomic E-state index is 12.7. The highest BCUT2D eigenvalue weighted by atomic mass is 16.2. The predicted octanol–water partition coefficient (Wildman–Crippen LogP) is 1.42. The molecule has 3 fully saturated rings. The first-order valence-corrected chi connectivity index (χ1v) is 7.75. The Kier molecular flexibility index (Phi) is 3.13. The Hall–Kier alpha value is -0.610. The summed E-state index contributed by atoms with van der Waals surface area (Å²) >= 11 is 0. The van der Waals surface area contributed by atoms with Crippen molar-refractivity contribution in [1.29, 1.82) is 0 Å². The summed E-state index contributed by atoms with van der Waals surface area (Å²) < 4.78 is 0. The van der Waals surface area contributed by atoms with Gasteiger partial charge in [-0.2, -0.15) is 0 Å². The van der Waals surface area contributed by atoms with Crippen molar-refractivity contribution in [1.82, 2.24) is 15.1 Å². The Morgan fingerprint density at radius 1 is 1.37 bits per heavy atom. The normalized spacial score (nSPS) is 38.5. The number of carbonyl (C=O) groups is 1. The largest absolute Gasteiger partial charge is 0.322 e. The summed E-state index contributed by atoms with van der Waals surface area (Å²) in [6, 6.07) is 1.01. The van der Waals surface area contributed by atoms with Gasteiger partial charge < -0.3 is 9.80 Å². The maximum absolute atomic E-state index is 12.7. The van der Waals surface area contributed by atoms with Gasteiger partial charge in [0.05, 0.1) is 11.7 Å². The average molecular weight is 265 g/mol. The molecule has 0 aromatic carbocycles. The summed E-state index contributed by atoms with van der Waals surface area (Å²) in [5.41, 5.74) is -0.165. The smallest absolute Gasteiger partial charge is 0.244 e. The van der Waals surface area contributed by atoms with Crippen LogP contribution < -0.4 is 5.32 Å². The lowest BCUT2D eigenvalue weighted by Gasteiger charge is -2.42. The number of hydrogen-bond acceptors (Lipinski definition) is 3. The van der Waals surface area contributed by atoms with Crippen molar-refractivity contribution in [2.75, 3.05) is 13.6 Å². The molecule has 108 valence electrons. The molecule has 3 unspecified atom stereocenters. The van der Waals surface area contributed by atoms with Gasteiger partial charge in [-0.15, -0.1) is 0 Å². The number of carbonyl (C=O) groups excluding carboxylic acids is 1. The van der Waals surface area contributed by atoms with Crippen LogP contribution in [0.15, 0.2) is 0 Å². The molecule has 2 aliphatic heterocycles. The molecule has 4 heteroatoms. The zero-order valence-corrected chi connectivity index (χ0v) is 12.6. The number of nitrogens with one attached hydrogen (secondary N) is 1. The third-order valence-corrected chi connectivity index (χ3v) is 5.32. The van der Waals surface area contributed by atoms with E-state index in [0.29, 0.717) is 23.9 Å². The SMILES string of the molecule is CC(C)C1NC2(CC2)C(=O)N1C1CCN(C)C(C)C1. The van der Waals surface area contributed by atoms with E-state index in [2.05, 4.69) is 42.9 Å². The molecule has 1 aliphatic carbocycles. The Bertz CT molecular complexity index is 378. The lowest BCUT2D eigenvalue weighted by atomic mass is 9.96. The molecule has 2 heterocycles. The number of rotatable bonds is 2. The van der Waals surface area contributed by atoms with Gasteiger partial charge in [0.2, 0.25) is 5.91 Å². The molecular formula is C15H27N3O. The Morgan fingerprint density at radius 2 is 2.05 bits per heavy atom. The van der Waals surface area contributed by atoms with Crippen molar-refractivity contribution in [3.05, 3.63) is 0 Å². The van der Waals surface area contributed by atoms with Gasteiger partial charge in [0.1, 0.15) is 0 Å². The molecule has 2 saturated heterocycles.